The number of aromatic amines is 1. The average molecular weight is 486 g/mol. The van der Waals surface area contributed by atoms with Crippen LogP contribution in [-0.2, 0) is 6.61 Å². The predicted molar refractivity (Wildman–Crippen MR) is 135 cm³/mol. The molecule has 0 spiro atoms. The largest absolute Gasteiger partial charge is 0.490 e. The SMILES string of the molecule is CSc1nc(-c2cccc(OCCOc3ccc(OCc4ccccc4)cc3)c2)c(C#N)c(=O)[nH]1. The van der Waals surface area contributed by atoms with Crippen molar-refractivity contribution in [1.82, 2.24) is 9.97 Å². The van der Waals surface area contributed by atoms with Crippen molar-refractivity contribution < 1.29 is 14.2 Å². The first-order chi connectivity index (χ1) is 17.2. The van der Waals surface area contributed by atoms with E-state index in [0.29, 0.717) is 47.7 Å². The van der Waals surface area contributed by atoms with E-state index < -0.39 is 5.56 Å². The summed E-state index contributed by atoms with van der Waals surface area (Å²) in [6.07, 6.45) is 1.80. The van der Waals surface area contributed by atoms with Crippen molar-refractivity contribution in [2.45, 2.75) is 11.8 Å². The lowest BCUT2D eigenvalue weighted by molar-refractivity contribution is 0.217. The van der Waals surface area contributed by atoms with Gasteiger partial charge in [0.2, 0.25) is 0 Å². The van der Waals surface area contributed by atoms with Crippen LogP contribution in [-0.4, -0.2) is 29.4 Å². The minimum atomic E-state index is -0.460. The molecule has 35 heavy (non-hydrogen) atoms. The third-order valence-corrected chi connectivity index (χ3v) is 5.58. The maximum absolute atomic E-state index is 12.2. The number of H-pyrrole nitrogens is 1. The summed E-state index contributed by atoms with van der Waals surface area (Å²) in [6, 6.07) is 26.5. The standard InChI is InChI=1S/C27H23N3O4S/c1-35-27-29-25(24(17-28)26(31)30-27)20-8-5-9-23(16-20)33-15-14-32-21-10-12-22(13-11-21)34-18-19-6-3-2-4-7-19/h2-13,16H,14-15,18H2,1H3,(H,29,30,31). The fraction of sp³-hybridized carbons (Fsp3) is 0.148. The van der Waals surface area contributed by atoms with Gasteiger partial charge in [-0.2, -0.15) is 5.26 Å². The Bertz CT molecular complexity index is 1370. The molecule has 4 rings (SSSR count). The molecule has 0 aliphatic rings. The van der Waals surface area contributed by atoms with E-state index in [2.05, 4.69) is 9.97 Å². The molecule has 0 fully saturated rings. The van der Waals surface area contributed by atoms with Crippen LogP contribution in [0, 0.1) is 11.3 Å². The molecule has 4 aromatic rings. The molecule has 3 aromatic carbocycles. The predicted octanol–water partition coefficient (Wildman–Crippen LogP) is 5.07. The maximum atomic E-state index is 12.2. The summed E-state index contributed by atoms with van der Waals surface area (Å²) in [5.41, 5.74) is 1.58. The lowest BCUT2D eigenvalue weighted by Gasteiger charge is -2.11. The second kappa shape index (κ2) is 11.8. The number of nitriles is 1. The summed E-state index contributed by atoms with van der Waals surface area (Å²) in [7, 11) is 0. The Labute approximate surface area is 207 Å². The molecule has 7 nitrogen and oxygen atoms in total. The van der Waals surface area contributed by atoms with Crippen LogP contribution in [0.1, 0.15) is 11.1 Å². The molecular formula is C27H23N3O4S. The Hall–Kier alpha value is -4.22. The summed E-state index contributed by atoms with van der Waals surface area (Å²) in [5.74, 6) is 2.07. The van der Waals surface area contributed by atoms with Gasteiger partial charge in [0.1, 0.15) is 48.7 Å². The van der Waals surface area contributed by atoms with Crippen molar-refractivity contribution in [3.8, 4) is 34.6 Å². The van der Waals surface area contributed by atoms with E-state index in [1.54, 1.807) is 30.5 Å². The van der Waals surface area contributed by atoms with Crippen molar-refractivity contribution in [3.05, 3.63) is 100 Å². The van der Waals surface area contributed by atoms with Crippen LogP contribution < -0.4 is 19.8 Å². The molecule has 0 unspecified atom stereocenters. The highest BCUT2D eigenvalue weighted by atomic mass is 32.2. The van der Waals surface area contributed by atoms with Crippen LogP contribution in [0.4, 0.5) is 0 Å². The zero-order valence-electron chi connectivity index (χ0n) is 19.1. The van der Waals surface area contributed by atoms with Crippen LogP contribution >= 0.6 is 11.8 Å². The molecule has 1 heterocycles. The third-order valence-electron chi connectivity index (χ3n) is 5.00. The average Bonchev–Trinajstić information content (AvgIpc) is 2.91. The summed E-state index contributed by atoms with van der Waals surface area (Å²) >= 11 is 1.30. The van der Waals surface area contributed by atoms with Gasteiger partial charge >= 0.3 is 0 Å². The van der Waals surface area contributed by atoms with E-state index in [1.165, 1.54) is 11.8 Å². The van der Waals surface area contributed by atoms with Gasteiger partial charge in [0.05, 0.1) is 5.69 Å². The molecule has 0 aliphatic heterocycles. The number of hydrogen-bond donors (Lipinski definition) is 1. The Kier molecular flexibility index (Phi) is 8.04. The van der Waals surface area contributed by atoms with Crippen molar-refractivity contribution in [2.75, 3.05) is 19.5 Å². The molecule has 8 heteroatoms. The van der Waals surface area contributed by atoms with Gasteiger partial charge in [0.25, 0.3) is 5.56 Å². The van der Waals surface area contributed by atoms with Crippen LogP contribution in [0.3, 0.4) is 0 Å². The highest BCUT2D eigenvalue weighted by molar-refractivity contribution is 7.98. The molecule has 0 amide bonds. The lowest BCUT2D eigenvalue weighted by atomic mass is 10.1. The molecule has 0 radical (unpaired) electrons. The molecule has 0 bridgehead atoms. The molecule has 0 aliphatic carbocycles. The number of benzene rings is 3. The Morgan fingerprint density at radius 3 is 2.26 bits per heavy atom. The fourth-order valence-corrected chi connectivity index (χ4v) is 3.66. The molecule has 0 saturated heterocycles. The molecule has 1 N–H and O–H groups in total. The second-order valence-electron chi connectivity index (χ2n) is 7.38. The minimum absolute atomic E-state index is 0.0283. The lowest BCUT2D eigenvalue weighted by Crippen LogP contribution is -2.14. The summed E-state index contributed by atoms with van der Waals surface area (Å²) in [4.78, 5) is 19.2. The number of rotatable bonds is 10. The monoisotopic (exact) mass is 485 g/mol. The number of nitrogens with one attached hydrogen (secondary N) is 1. The molecule has 0 saturated carbocycles. The van der Waals surface area contributed by atoms with Crippen LogP contribution in [0.2, 0.25) is 0 Å². The Balaban J connectivity index is 1.31. The van der Waals surface area contributed by atoms with Gasteiger partial charge in [-0.05, 0) is 48.2 Å². The quantitative estimate of drug-likeness (QED) is 0.190. The van der Waals surface area contributed by atoms with Crippen molar-refractivity contribution in [1.29, 1.82) is 5.26 Å². The van der Waals surface area contributed by atoms with Crippen LogP contribution in [0.15, 0.2) is 88.8 Å². The van der Waals surface area contributed by atoms with Gasteiger partial charge in [-0.1, -0.05) is 54.2 Å². The van der Waals surface area contributed by atoms with Gasteiger partial charge in [0, 0.05) is 5.56 Å². The third kappa shape index (κ3) is 6.43. The van der Waals surface area contributed by atoms with E-state index in [4.69, 9.17) is 14.2 Å². The summed E-state index contributed by atoms with van der Waals surface area (Å²) < 4.78 is 17.4. The van der Waals surface area contributed by atoms with Crippen molar-refractivity contribution >= 4 is 11.8 Å². The van der Waals surface area contributed by atoms with Crippen molar-refractivity contribution in [2.24, 2.45) is 0 Å². The minimum Gasteiger partial charge on any atom is -0.490 e. The van der Waals surface area contributed by atoms with Gasteiger partial charge in [-0.3, -0.25) is 4.79 Å². The normalized spacial score (nSPS) is 10.4. The fourth-order valence-electron chi connectivity index (χ4n) is 3.29. The Morgan fingerprint density at radius 2 is 1.57 bits per heavy atom. The summed E-state index contributed by atoms with van der Waals surface area (Å²) in [6.45, 7) is 1.17. The zero-order valence-corrected chi connectivity index (χ0v) is 19.9. The number of nitrogens with zero attached hydrogens (tertiary/aromatic N) is 2. The van der Waals surface area contributed by atoms with E-state index in [1.807, 2.05) is 60.7 Å². The highest BCUT2D eigenvalue weighted by Gasteiger charge is 2.13. The highest BCUT2D eigenvalue weighted by Crippen LogP contribution is 2.25. The first-order valence-corrected chi connectivity index (χ1v) is 12.1. The molecule has 176 valence electrons. The van der Waals surface area contributed by atoms with Crippen LogP contribution in [0.5, 0.6) is 17.2 Å². The van der Waals surface area contributed by atoms with Crippen LogP contribution in [0.25, 0.3) is 11.3 Å². The Morgan fingerprint density at radius 1 is 0.886 bits per heavy atom. The zero-order chi connectivity index (χ0) is 24.5. The van der Waals surface area contributed by atoms with E-state index >= 15 is 0 Å². The molecule has 0 atom stereocenters. The number of ether oxygens (including phenoxy) is 3. The van der Waals surface area contributed by atoms with E-state index in [-0.39, 0.29) is 5.56 Å². The van der Waals surface area contributed by atoms with Gasteiger partial charge in [0.15, 0.2) is 5.16 Å². The smallest absolute Gasteiger partial charge is 0.270 e. The van der Waals surface area contributed by atoms with E-state index in [0.717, 1.165) is 11.3 Å². The van der Waals surface area contributed by atoms with E-state index in [9.17, 15) is 10.1 Å². The summed E-state index contributed by atoms with van der Waals surface area (Å²) in [5, 5.41) is 9.85. The van der Waals surface area contributed by atoms with Crippen molar-refractivity contribution in [3.63, 3.8) is 0 Å². The van der Waals surface area contributed by atoms with Gasteiger partial charge in [-0.25, -0.2) is 4.98 Å². The second-order valence-corrected chi connectivity index (χ2v) is 8.18. The first kappa shape index (κ1) is 23.9. The molecule has 1 aromatic heterocycles. The molecular weight excluding hydrogens is 462 g/mol. The van der Waals surface area contributed by atoms with Gasteiger partial charge in [-0.15, -0.1) is 0 Å². The number of hydrogen-bond acceptors (Lipinski definition) is 7. The first-order valence-electron chi connectivity index (χ1n) is 10.9. The number of thioether (sulfide) groups is 1. The number of aromatic nitrogens is 2. The van der Waals surface area contributed by atoms with Gasteiger partial charge < -0.3 is 19.2 Å². The topological polar surface area (TPSA) is 97.2 Å². The maximum Gasteiger partial charge on any atom is 0.270 e.